The maximum Gasteiger partial charge on any atom is 0.221 e. The maximum atomic E-state index is 11.0. The van der Waals surface area contributed by atoms with Crippen molar-refractivity contribution < 1.29 is 9.53 Å². The lowest BCUT2D eigenvalue weighted by Gasteiger charge is -2.08. The van der Waals surface area contributed by atoms with Gasteiger partial charge in [0.25, 0.3) is 0 Å². The van der Waals surface area contributed by atoms with Crippen molar-refractivity contribution in [2.45, 2.75) is 13.5 Å². The number of nitrogens with zero attached hydrogens (tertiary/aromatic N) is 4. The third-order valence-electron chi connectivity index (χ3n) is 3.15. The summed E-state index contributed by atoms with van der Waals surface area (Å²) in [5.74, 6) is 1.09. The lowest BCUT2D eigenvalue weighted by Crippen LogP contribution is -2.07. The summed E-state index contributed by atoms with van der Waals surface area (Å²) in [6, 6.07) is 14.2. The van der Waals surface area contributed by atoms with Gasteiger partial charge in [-0.3, -0.25) is 4.79 Å². The summed E-state index contributed by atoms with van der Waals surface area (Å²) in [6.45, 7) is 1.66. The summed E-state index contributed by atoms with van der Waals surface area (Å²) < 4.78 is 7.28. The van der Waals surface area contributed by atoms with Crippen molar-refractivity contribution in [2.24, 2.45) is 0 Å². The minimum Gasteiger partial charge on any atom is -0.486 e. The van der Waals surface area contributed by atoms with Gasteiger partial charge < -0.3 is 10.1 Å². The highest BCUT2D eigenvalue weighted by Crippen LogP contribution is 2.18. The number of hydrogen-bond donors (Lipinski definition) is 1. The molecule has 8 heteroatoms. The van der Waals surface area contributed by atoms with E-state index >= 15 is 0 Å². The molecule has 0 bridgehead atoms. The molecule has 1 aromatic heterocycles. The van der Waals surface area contributed by atoms with Gasteiger partial charge in [0.1, 0.15) is 12.4 Å². The Labute approximate surface area is 143 Å². The van der Waals surface area contributed by atoms with E-state index in [1.165, 1.54) is 6.92 Å². The number of anilines is 1. The van der Waals surface area contributed by atoms with E-state index < -0.39 is 0 Å². The number of amides is 1. The molecule has 2 aromatic carbocycles. The monoisotopic (exact) mass is 343 g/mol. The molecule has 0 atom stereocenters. The fourth-order valence-electron chi connectivity index (χ4n) is 2.06. The van der Waals surface area contributed by atoms with Gasteiger partial charge >= 0.3 is 0 Å². The van der Waals surface area contributed by atoms with E-state index in [1.54, 1.807) is 41.1 Å². The molecular formula is C16H14ClN5O2. The van der Waals surface area contributed by atoms with Crippen LogP contribution >= 0.6 is 11.6 Å². The number of hydrogen-bond acceptors (Lipinski definition) is 5. The number of benzene rings is 2. The lowest BCUT2D eigenvalue weighted by molar-refractivity contribution is -0.114. The average Bonchev–Trinajstić information content (AvgIpc) is 3.03. The summed E-state index contributed by atoms with van der Waals surface area (Å²) in [7, 11) is 0. The Hall–Kier alpha value is -2.93. The zero-order valence-electron chi connectivity index (χ0n) is 12.8. The van der Waals surface area contributed by atoms with Crippen LogP contribution in [0.3, 0.4) is 0 Å². The lowest BCUT2D eigenvalue weighted by atomic mass is 10.3. The first-order chi connectivity index (χ1) is 11.6. The summed E-state index contributed by atoms with van der Waals surface area (Å²) >= 11 is 5.89. The fourth-order valence-corrected chi connectivity index (χ4v) is 2.19. The van der Waals surface area contributed by atoms with Crippen LogP contribution in [0.25, 0.3) is 5.69 Å². The van der Waals surface area contributed by atoms with E-state index in [2.05, 4.69) is 20.8 Å². The SMILES string of the molecule is CC(=O)Nc1ccc(OCc2nnnn2-c2ccc(Cl)cc2)cc1. The molecule has 0 aliphatic carbocycles. The van der Waals surface area contributed by atoms with Gasteiger partial charge in [-0.05, 0) is 59.0 Å². The highest BCUT2D eigenvalue weighted by Gasteiger charge is 2.09. The molecule has 0 spiro atoms. The van der Waals surface area contributed by atoms with E-state index in [0.717, 1.165) is 5.69 Å². The van der Waals surface area contributed by atoms with Gasteiger partial charge in [-0.2, -0.15) is 4.68 Å². The largest absolute Gasteiger partial charge is 0.486 e. The Morgan fingerprint density at radius 3 is 2.54 bits per heavy atom. The molecule has 24 heavy (non-hydrogen) atoms. The van der Waals surface area contributed by atoms with E-state index in [4.69, 9.17) is 16.3 Å². The van der Waals surface area contributed by atoms with Gasteiger partial charge in [-0.15, -0.1) is 5.10 Å². The Kier molecular flexibility index (Phi) is 4.72. The Bertz CT molecular complexity index is 830. The van der Waals surface area contributed by atoms with E-state index in [-0.39, 0.29) is 12.5 Å². The fraction of sp³-hybridized carbons (Fsp3) is 0.125. The summed E-state index contributed by atoms with van der Waals surface area (Å²) in [5.41, 5.74) is 1.50. The van der Waals surface area contributed by atoms with Crippen molar-refractivity contribution >= 4 is 23.2 Å². The van der Waals surface area contributed by atoms with E-state index in [9.17, 15) is 4.79 Å². The summed E-state index contributed by atoms with van der Waals surface area (Å²) in [5, 5.41) is 15.0. The van der Waals surface area contributed by atoms with Crippen molar-refractivity contribution in [1.29, 1.82) is 0 Å². The second-order valence-corrected chi connectivity index (χ2v) is 5.41. The molecule has 1 heterocycles. The normalized spacial score (nSPS) is 10.4. The van der Waals surface area contributed by atoms with Crippen molar-refractivity contribution in [3.05, 3.63) is 59.4 Å². The number of carbonyl (C=O) groups excluding carboxylic acids is 1. The van der Waals surface area contributed by atoms with Crippen LogP contribution in [-0.4, -0.2) is 26.1 Å². The minimum atomic E-state index is -0.120. The number of tetrazole rings is 1. The summed E-state index contributed by atoms with van der Waals surface area (Å²) in [4.78, 5) is 11.0. The van der Waals surface area contributed by atoms with Crippen molar-refractivity contribution in [3.8, 4) is 11.4 Å². The van der Waals surface area contributed by atoms with Gasteiger partial charge in [-0.25, -0.2) is 0 Å². The van der Waals surface area contributed by atoms with Crippen LogP contribution in [-0.2, 0) is 11.4 Å². The standard InChI is InChI=1S/C16H14ClN5O2/c1-11(23)18-13-4-8-15(9-5-13)24-10-16-19-20-21-22(16)14-6-2-12(17)3-7-14/h2-9H,10H2,1H3,(H,18,23). The molecule has 7 nitrogen and oxygen atoms in total. The molecule has 0 aliphatic heterocycles. The number of aromatic nitrogens is 4. The van der Waals surface area contributed by atoms with Crippen LogP contribution in [0.4, 0.5) is 5.69 Å². The molecule has 1 amide bonds. The van der Waals surface area contributed by atoms with E-state index in [0.29, 0.717) is 22.3 Å². The van der Waals surface area contributed by atoms with Crippen LogP contribution in [0.15, 0.2) is 48.5 Å². The van der Waals surface area contributed by atoms with Gasteiger partial charge in [0.15, 0.2) is 5.82 Å². The molecule has 0 saturated heterocycles. The quantitative estimate of drug-likeness (QED) is 0.770. The van der Waals surface area contributed by atoms with Crippen molar-refractivity contribution in [1.82, 2.24) is 20.2 Å². The Balaban J connectivity index is 1.68. The molecule has 0 radical (unpaired) electrons. The number of halogens is 1. The van der Waals surface area contributed by atoms with Crippen LogP contribution in [0.1, 0.15) is 12.7 Å². The topological polar surface area (TPSA) is 81.9 Å². The molecule has 0 saturated carbocycles. The molecule has 0 unspecified atom stereocenters. The molecule has 3 rings (SSSR count). The van der Waals surface area contributed by atoms with Crippen LogP contribution in [0.5, 0.6) is 5.75 Å². The second kappa shape index (κ2) is 7.10. The smallest absolute Gasteiger partial charge is 0.221 e. The first-order valence-electron chi connectivity index (χ1n) is 7.15. The van der Waals surface area contributed by atoms with Gasteiger partial charge in [0, 0.05) is 17.6 Å². The van der Waals surface area contributed by atoms with Gasteiger partial charge in [-0.1, -0.05) is 11.6 Å². The highest BCUT2D eigenvalue weighted by atomic mass is 35.5. The Morgan fingerprint density at radius 2 is 1.88 bits per heavy atom. The van der Waals surface area contributed by atoms with E-state index in [1.807, 2.05) is 12.1 Å². The molecule has 122 valence electrons. The number of nitrogens with one attached hydrogen (secondary N) is 1. The first kappa shape index (κ1) is 15.9. The minimum absolute atomic E-state index is 0.120. The molecule has 0 aliphatic rings. The zero-order valence-corrected chi connectivity index (χ0v) is 13.6. The Morgan fingerprint density at radius 1 is 1.17 bits per heavy atom. The average molecular weight is 344 g/mol. The molecule has 3 aromatic rings. The summed E-state index contributed by atoms with van der Waals surface area (Å²) in [6.07, 6.45) is 0. The molecule has 0 fully saturated rings. The van der Waals surface area contributed by atoms with Crippen molar-refractivity contribution in [3.63, 3.8) is 0 Å². The first-order valence-corrected chi connectivity index (χ1v) is 7.53. The third kappa shape index (κ3) is 3.88. The van der Waals surface area contributed by atoms with Crippen LogP contribution in [0, 0.1) is 0 Å². The maximum absolute atomic E-state index is 11.0. The number of rotatable bonds is 5. The predicted molar refractivity (Wildman–Crippen MR) is 89.2 cm³/mol. The number of ether oxygens (including phenoxy) is 1. The molecule has 1 N–H and O–H groups in total. The zero-order chi connectivity index (χ0) is 16.9. The van der Waals surface area contributed by atoms with Gasteiger partial charge in [0.2, 0.25) is 5.91 Å². The second-order valence-electron chi connectivity index (χ2n) is 4.98. The van der Waals surface area contributed by atoms with Crippen LogP contribution in [0.2, 0.25) is 5.02 Å². The number of carbonyl (C=O) groups is 1. The molecular weight excluding hydrogens is 330 g/mol. The highest BCUT2D eigenvalue weighted by molar-refractivity contribution is 6.30. The predicted octanol–water partition coefficient (Wildman–Crippen LogP) is 2.85. The van der Waals surface area contributed by atoms with Gasteiger partial charge in [0.05, 0.1) is 5.69 Å². The van der Waals surface area contributed by atoms with Crippen molar-refractivity contribution in [2.75, 3.05) is 5.32 Å². The third-order valence-corrected chi connectivity index (χ3v) is 3.40. The van der Waals surface area contributed by atoms with Crippen LogP contribution < -0.4 is 10.1 Å².